The largest absolute Gasteiger partial charge is 0.416 e. The summed E-state index contributed by atoms with van der Waals surface area (Å²) < 4.78 is 52.8. The Morgan fingerprint density at radius 3 is 2.17 bits per heavy atom. The van der Waals surface area contributed by atoms with Gasteiger partial charge in [0.25, 0.3) is 5.91 Å². The molecule has 0 N–H and O–H groups in total. The maximum absolute atomic E-state index is 13.2. The number of benzene rings is 2. The number of amides is 1. The molecule has 152 valence electrons. The van der Waals surface area contributed by atoms with Gasteiger partial charge in [-0.15, -0.1) is 0 Å². The predicted molar refractivity (Wildman–Crippen MR) is 100 cm³/mol. The first-order valence-electron chi connectivity index (χ1n) is 8.81. The highest BCUT2D eigenvalue weighted by Gasteiger charge is 2.30. The lowest BCUT2D eigenvalue weighted by molar-refractivity contribution is -0.137. The monoisotopic (exact) mass is 405 g/mol. The van der Waals surface area contributed by atoms with Crippen molar-refractivity contribution in [1.29, 1.82) is 0 Å². The number of aromatic nitrogens is 2. The van der Waals surface area contributed by atoms with E-state index in [4.69, 9.17) is 0 Å². The lowest BCUT2D eigenvalue weighted by Gasteiger charge is -2.18. The molecule has 0 aliphatic carbocycles. The molecule has 0 fully saturated rings. The molecule has 0 radical (unpaired) electrons. The van der Waals surface area contributed by atoms with Crippen molar-refractivity contribution >= 4 is 5.91 Å². The van der Waals surface area contributed by atoms with Crippen molar-refractivity contribution in [2.75, 3.05) is 7.05 Å². The molecule has 1 aromatic heterocycles. The van der Waals surface area contributed by atoms with Gasteiger partial charge in [0.05, 0.1) is 28.2 Å². The second-order valence-corrected chi connectivity index (χ2v) is 6.79. The van der Waals surface area contributed by atoms with Crippen LogP contribution in [0.3, 0.4) is 0 Å². The highest BCUT2D eigenvalue weighted by atomic mass is 19.4. The van der Waals surface area contributed by atoms with Crippen LogP contribution in [0.15, 0.2) is 48.5 Å². The van der Waals surface area contributed by atoms with Crippen molar-refractivity contribution in [3.8, 4) is 5.69 Å². The Balaban J connectivity index is 1.82. The van der Waals surface area contributed by atoms with Crippen molar-refractivity contribution in [3.63, 3.8) is 0 Å². The van der Waals surface area contributed by atoms with Gasteiger partial charge in [-0.3, -0.25) is 4.79 Å². The van der Waals surface area contributed by atoms with Crippen molar-refractivity contribution in [1.82, 2.24) is 14.7 Å². The first kappa shape index (κ1) is 20.6. The van der Waals surface area contributed by atoms with Gasteiger partial charge in [-0.1, -0.05) is 12.1 Å². The minimum atomic E-state index is -4.40. The van der Waals surface area contributed by atoms with E-state index in [0.29, 0.717) is 28.2 Å². The van der Waals surface area contributed by atoms with Crippen LogP contribution in [0.2, 0.25) is 0 Å². The molecule has 29 heavy (non-hydrogen) atoms. The minimum Gasteiger partial charge on any atom is -0.337 e. The molecule has 3 rings (SSSR count). The molecule has 0 bridgehead atoms. The summed E-state index contributed by atoms with van der Waals surface area (Å²) >= 11 is 0. The fourth-order valence-electron chi connectivity index (χ4n) is 3.12. The predicted octanol–water partition coefficient (Wildman–Crippen LogP) is 4.92. The number of rotatable bonds is 4. The summed E-state index contributed by atoms with van der Waals surface area (Å²) in [6, 6.07) is 10.5. The van der Waals surface area contributed by atoms with Gasteiger partial charge in [0.1, 0.15) is 5.82 Å². The fraction of sp³-hybridized carbons (Fsp3) is 0.238. The molecular formula is C21H19F4N3O. The van der Waals surface area contributed by atoms with Crippen LogP contribution in [-0.2, 0) is 12.7 Å². The summed E-state index contributed by atoms with van der Waals surface area (Å²) in [4.78, 5) is 14.4. The second-order valence-electron chi connectivity index (χ2n) is 6.79. The summed E-state index contributed by atoms with van der Waals surface area (Å²) in [5.41, 5.74) is 1.98. The van der Waals surface area contributed by atoms with Crippen LogP contribution in [0.1, 0.15) is 32.9 Å². The van der Waals surface area contributed by atoms with Gasteiger partial charge in [0.15, 0.2) is 0 Å². The van der Waals surface area contributed by atoms with Gasteiger partial charge in [0.2, 0.25) is 0 Å². The average Bonchev–Trinajstić information content (AvgIpc) is 2.95. The Labute approximate surface area is 165 Å². The van der Waals surface area contributed by atoms with Crippen LogP contribution >= 0.6 is 0 Å². The van der Waals surface area contributed by atoms with Crippen LogP contribution in [0.5, 0.6) is 0 Å². The number of carbonyl (C=O) groups is 1. The fourth-order valence-corrected chi connectivity index (χ4v) is 3.12. The lowest BCUT2D eigenvalue weighted by Crippen LogP contribution is -2.27. The van der Waals surface area contributed by atoms with E-state index in [0.717, 1.165) is 12.1 Å². The maximum atomic E-state index is 13.2. The maximum Gasteiger partial charge on any atom is 0.416 e. The average molecular weight is 405 g/mol. The Bertz CT molecular complexity index is 1020. The summed E-state index contributed by atoms with van der Waals surface area (Å²) in [5, 5.41) is 4.38. The molecule has 2 aromatic carbocycles. The molecule has 8 heteroatoms. The Morgan fingerprint density at radius 1 is 1.03 bits per heavy atom. The highest BCUT2D eigenvalue weighted by Crippen LogP contribution is 2.29. The molecule has 0 atom stereocenters. The number of aryl methyl sites for hydroxylation is 1. The number of hydrogen-bond donors (Lipinski definition) is 0. The van der Waals surface area contributed by atoms with Crippen molar-refractivity contribution in [3.05, 3.63) is 82.4 Å². The molecule has 0 saturated carbocycles. The summed E-state index contributed by atoms with van der Waals surface area (Å²) in [6.45, 7) is 3.59. The SMILES string of the molecule is Cc1nn(-c2ccc(F)cc2)c(C)c1C(=O)N(C)Cc1ccc(C(F)(F)F)cc1. The van der Waals surface area contributed by atoms with Crippen LogP contribution in [0.4, 0.5) is 17.6 Å². The zero-order valence-electron chi connectivity index (χ0n) is 16.1. The molecule has 0 saturated heterocycles. The van der Waals surface area contributed by atoms with Gasteiger partial charge in [-0.05, 0) is 55.8 Å². The molecule has 1 heterocycles. The first-order valence-corrected chi connectivity index (χ1v) is 8.81. The van der Waals surface area contributed by atoms with E-state index < -0.39 is 11.7 Å². The molecule has 0 unspecified atom stereocenters. The molecular weight excluding hydrogens is 386 g/mol. The zero-order chi connectivity index (χ0) is 21.3. The quantitative estimate of drug-likeness (QED) is 0.578. The summed E-state index contributed by atoms with van der Waals surface area (Å²) in [7, 11) is 1.58. The number of nitrogens with zero attached hydrogens (tertiary/aromatic N) is 3. The van der Waals surface area contributed by atoms with Crippen LogP contribution in [0, 0.1) is 19.7 Å². The molecule has 0 spiro atoms. The molecule has 0 aliphatic rings. The lowest BCUT2D eigenvalue weighted by atomic mass is 10.1. The van der Waals surface area contributed by atoms with Crippen LogP contribution < -0.4 is 0 Å². The third kappa shape index (κ3) is 4.31. The Morgan fingerprint density at radius 2 is 1.62 bits per heavy atom. The van der Waals surface area contributed by atoms with Crippen molar-refractivity contribution < 1.29 is 22.4 Å². The van der Waals surface area contributed by atoms with Gasteiger partial charge in [-0.2, -0.15) is 18.3 Å². The molecule has 3 aromatic rings. The van der Waals surface area contributed by atoms with Crippen molar-refractivity contribution in [2.24, 2.45) is 0 Å². The van der Waals surface area contributed by atoms with E-state index >= 15 is 0 Å². The topological polar surface area (TPSA) is 38.1 Å². The number of hydrogen-bond acceptors (Lipinski definition) is 2. The molecule has 4 nitrogen and oxygen atoms in total. The van der Waals surface area contributed by atoms with E-state index in [1.54, 1.807) is 37.7 Å². The van der Waals surface area contributed by atoms with Crippen LogP contribution in [0.25, 0.3) is 5.69 Å². The van der Waals surface area contributed by atoms with Gasteiger partial charge in [0, 0.05) is 13.6 Å². The summed E-state index contributed by atoms with van der Waals surface area (Å²) in [5.74, 6) is -0.670. The third-order valence-electron chi connectivity index (χ3n) is 4.62. The normalized spacial score (nSPS) is 11.6. The van der Waals surface area contributed by atoms with Gasteiger partial charge < -0.3 is 4.90 Å². The molecule has 1 amide bonds. The molecule has 0 aliphatic heterocycles. The van der Waals surface area contributed by atoms with Gasteiger partial charge >= 0.3 is 6.18 Å². The number of carbonyl (C=O) groups excluding carboxylic acids is 1. The van der Waals surface area contributed by atoms with Crippen molar-refractivity contribution in [2.45, 2.75) is 26.6 Å². The van der Waals surface area contributed by atoms with E-state index in [9.17, 15) is 22.4 Å². The third-order valence-corrected chi connectivity index (χ3v) is 4.62. The Kier molecular flexibility index (Phi) is 5.46. The number of alkyl halides is 3. The Hall–Kier alpha value is -3.16. The minimum absolute atomic E-state index is 0.150. The smallest absolute Gasteiger partial charge is 0.337 e. The highest BCUT2D eigenvalue weighted by molar-refractivity contribution is 5.96. The van der Waals surface area contributed by atoms with E-state index in [-0.39, 0.29) is 18.3 Å². The zero-order valence-corrected chi connectivity index (χ0v) is 16.1. The van der Waals surface area contributed by atoms with E-state index in [1.165, 1.54) is 29.2 Å². The number of halogens is 4. The van der Waals surface area contributed by atoms with E-state index in [2.05, 4.69) is 5.10 Å². The van der Waals surface area contributed by atoms with Gasteiger partial charge in [-0.25, -0.2) is 9.07 Å². The van der Waals surface area contributed by atoms with E-state index in [1.807, 2.05) is 0 Å². The first-order chi connectivity index (χ1) is 13.6. The second kappa shape index (κ2) is 7.69. The summed E-state index contributed by atoms with van der Waals surface area (Å²) in [6.07, 6.45) is -4.40. The standard InChI is InChI=1S/C21H19F4N3O/c1-13-19(14(2)28(26-13)18-10-8-17(22)9-11-18)20(29)27(3)12-15-4-6-16(7-5-15)21(23,24)25/h4-11H,12H2,1-3H3. The van der Waals surface area contributed by atoms with Crippen LogP contribution in [-0.4, -0.2) is 27.6 Å².